The van der Waals surface area contributed by atoms with E-state index in [0.717, 1.165) is 30.0 Å². The normalized spacial score (nSPS) is 10.6. The second kappa shape index (κ2) is 6.96. The summed E-state index contributed by atoms with van der Waals surface area (Å²) in [4.78, 5) is 0. The number of rotatable bonds is 7. The first-order chi connectivity index (χ1) is 9.78. The minimum absolute atomic E-state index is 0.673. The van der Waals surface area contributed by atoms with Crippen LogP contribution in [0.1, 0.15) is 19.0 Å². The van der Waals surface area contributed by atoms with Crippen LogP contribution in [0, 0.1) is 0 Å². The van der Waals surface area contributed by atoms with Gasteiger partial charge in [-0.1, -0.05) is 12.1 Å². The van der Waals surface area contributed by atoms with Gasteiger partial charge in [0.25, 0.3) is 0 Å². The van der Waals surface area contributed by atoms with Gasteiger partial charge in [-0.3, -0.25) is 0 Å². The number of nitrogens with zero attached hydrogens (tertiary/aromatic N) is 1. The molecule has 1 heterocycles. The van der Waals surface area contributed by atoms with Crippen LogP contribution >= 0.6 is 0 Å². The Hall–Kier alpha value is -2.01. The van der Waals surface area contributed by atoms with Crippen LogP contribution in [0.3, 0.4) is 0 Å². The zero-order valence-electron chi connectivity index (χ0n) is 12.1. The fourth-order valence-corrected chi connectivity index (χ4v) is 1.91. The highest BCUT2D eigenvalue weighted by molar-refractivity contribution is 5.62. The maximum atomic E-state index is 5.37. The summed E-state index contributed by atoms with van der Waals surface area (Å²) in [5.74, 6) is 2.09. The first-order valence-electron chi connectivity index (χ1n) is 6.67. The smallest absolute Gasteiger partial charge is 0.167 e. The van der Waals surface area contributed by atoms with Crippen molar-refractivity contribution in [1.82, 2.24) is 10.5 Å². The quantitative estimate of drug-likeness (QED) is 0.788. The Morgan fingerprint density at radius 3 is 2.65 bits per heavy atom. The highest BCUT2D eigenvalue weighted by Crippen LogP contribution is 2.32. The van der Waals surface area contributed by atoms with Gasteiger partial charge in [-0.25, -0.2) is 0 Å². The van der Waals surface area contributed by atoms with E-state index >= 15 is 0 Å². The van der Waals surface area contributed by atoms with Crippen LogP contribution in [0.2, 0.25) is 0 Å². The maximum Gasteiger partial charge on any atom is 0.167 e. The van der Waals surface area contributed by atoms with E-state index in [1.54, 1.807) is 14.2 Å². The van der Waals surface area contributed by atoms with Crippen molar-refractivity contribution in [3.05, 3.63) is 30.0 Å². The van der Waals surface area contributed by atoms with Crippen LogP contribution in [0.15, 0.2) is 28.8 Å². The predicted molar refractivity (Wildman–Crippen MR) is 77.0 cm³/mol. The second-order valence-electron chi connectivity index (χ2n) is 4.43. The lowest BCUT2D eigenvalue weighted by molar-refractivity contribution is 0.355. The minimum Gasteiger partial charge on any atom is -0.493 e. The number of ether oxygens (including phenoxy) is 2. The third-order valence-corrected chi connectivity index (χ3v) is 2.96. The molecule has 0 aliphatic carbocycles. The van der Waals surface area contributed by atoms with E-state index in [2.05, 4.69) is 17.4 Å². The third-order valence-electron chi connectivity index (χ3n) is 2.96. The summed E-state index contributed by atoms with van der Waals surface area (Å²) in [7, 11) is 3.23. The van der Waals surface area contributed by atoms with Crippen LogP contribution in [0.4, 0.5) is 0 Å². The molecule has 1 aromatic carbocycles. The van der Waals surface area contributed by atoms with Crippen molar-refractivity contribution in [3.63, 3.8) is 0 Å². The molecule has 0 aliphatic heterocycles. The van der Waals surface area contributed by atoms with Crippen LogP contribution in [0.5, 0.6) is 11.5 Å². The van der Waals surface area contributed by atoms with E-state index in [1.807, 2.05) is 24.3 Å². The Morgan fingerprint density at radius 2 is 1.95 bits per heavy atom. The molecule has 0 saturated carbocycles. The van der Waals surface area contributed by atoms with Gasteiger partial charge in [0, 0.05) is 18.2 Å². The zero-order chi connectivity index (χ0) is 14.4. The molecule has 0 fully saturated rings. The largest absolute Gasteiger partial charge is 0.493 e. The standard InChI is InChI=1S/C15H20N2O3/c1-4-7-16-10-12-9-14(20-17-12)11-5-6-13(18-2)15(8-11)19-3/h5-6,8-9,16H,4,7,10H2,1-3H3. The lowest BCUT2D eigenvalue weighted by Crippen LogP contribution is -2.13. The van der Waals surface area contributed by atoms with Crippen LogP contribution in [-0.4, -0.2) is 25.9 Å². The van der Waals surface area contributed by atoms with E-state index in [1.165, 1.54) is 0 Å². The topological polar surface area (TPSA) is 56.5 Å². The molecule has 108 valence electrons. The summed E-state index contributed by atoms with van der Waals surface area (Å²) < 4.78 is 15.9. The minimum atomic E-state index is 0.673. The number of aromatic nitrogens is 1. The molecule has 0 radical (unpaired) electrons. The number of nitrogens with one attached hydrogen (secondary N) is 1. The average Bonchev–Trinajstić information content (AvgIpc) is 2.95. The fourth-order valence-electron chi connectivity index (χ4n) is 1.91. The van der Waals surface area contributed by atoms with Crippen molar-refractivity contribution < 1.29 is 14.0 Å². The highest BCUT2D eigenvalue weighted by atomic mass is 16.5. The number of benzene rings is 1. The number of hydrogen-bond acceptors (Lipinski definition) is 5. The van der Waals surface area contributed by atoms with Gasteiger partial charge in [0.15, 0.2) is 17.3 Å². The summed E-state index contributed by atoms with van der Waals surface area (Å²) in [5.41, 5.74) is 1.81. The fraction of sp³-hybridized carbons (Fsp3) is 0.400. The summed E-state index contributed by atoms with van der Waals surface area (Å²) in [6.07, 6.45) is 1.10. The van der Waals surface area contributed by atoms with E-state index in [9.17, 15) is 0 Å². The zero-order valence-corrected chi connectivity index (χ0v) is 12.1. The molecule has 0 aliphatic rings. The van der Waals surface area contributed by atoms with E-state index < -0.39 is 0 Å². The molecule has 1 aromatic heterocycles. The summed E-state index contributed by atoms with van der Waals surface area (Å²) in [6, 6.07) is 7.59. The molecule has 0 bridgehead atoms. The van der Waals surface area contributed by atoms with Crippen molar-refractivity contribution in [3.8, 4) is 22.8 Å². The summed E-state index contributed by atoms with van der Waals surface area (Å²) in [6.45, 7) is 3.81. The third kappa shape index (κ3) is 3.30. The van der Waals surface area contributed by atoms with E-state index in [4.69, 9.17) is 14.0 Å². The van der Waals surface area contributed by atoms with Gasteiger partial charge in [-0.2, -0.15) is 0 Å². The van der Waals surface area contributed by atoms with Gasteiger partial charge in [0.1, 0.15) is 0 Å². The molecular formula is C15H20N2O3. The Kier molecular flexibility index (Phi) is 5.01. The lowest BCUT2D eigenvalue weighted by Gasteiger charge is -2.07. The van der Waals surface area contributed by atoms with Gasteiger partial charge in [-0.05, 0) is 31.2 Å². The van der Waals surface area contributed by atoms with Gasteiger partial charge < -0.3 is 19.3 Å². The van der Waals surface area contributed by atoms with Crippen molar-refractivity contribution in [2.24, 2.45) is 0 Å². The van der Waals surface area contributed by atoms with Crippen LogP contribution < -0.4 is 14.8 Å². The van der Waals surface area contributed by atoms with Crippen molar-refractivity contribution in [1.29, 1.82) is 0 Å². The number of methoxy groups -OCH3 is 2. The van der Waals surface area contributed by atoms with Gasteiger partial charge in [0.2, 0.25) is 0 Å². The molecule has 1 N–H and O–H groups in total. The average molecular weight is 276 g/mol. The monoisotopic (exact) mass is 276 g/mol. The molecule has 2 aromatic rings. The second-order valence-corrected chi connectivity index (χ2v) is 4.43. The Balaban J connectivity index is 2.15. The SMILES string of the molecule is CCCNCc1cc(-c2ccc(OC)c(OC)c2)on1. The molecule has 0 atom stereocenters. The predicted octanol–water partition coefficient (Wildman–Crippen LogP) is 2.86. The molecule has 20 heavy (non-hydrogen) atoms. The first kappa shape index (κ1) is 14.4. The Bertz CT molecular complexity index is 552. The summed E-state index contributed by atoms with van der Waals surface area (Å²) in [5, 5.41) is 7.34. The highest BCUT2D eigenvalue weighted by Gasteiger charge is 2.10. The molecule has 0 amide bonds. The number of hydrogen-bond donors (Lipinski definition) is 1. The maximum absolute atomic E-state index is 5.37. The lowest BCUT2D eigenvalue weighted by atomic mass is 10.1. The van der Waals surface area contributed by atoms with Crippen LogP contribution in [0.25, 0.3) is 11.3 Å². The van der Waals surface area contributed by atoms with E-state index in [-0.39, 0.29) is 0 Å². The molecule has 0 saturated heterocycles. The molecule has 5 nitrogen and oxygen atoms in total. The van der Waals surface area contributed by atoms with E-state index in [0.29, 0.717) is 18.0 Å². The van der Waals surface area contributed by atoms with Crippen molar-refractivity contribution in [2.75, 3.05) is 20.8 Å². The van der Waals surface area contributed by atoms with Gasteiger partial charge >= 0.3 is 0 Å². The van der Waals surface area contributed by atoms with Crippen molar-refractivity contribution >= 4 is 0 Å². The Morgan fingerprint density at radius 1 is 1.15 bits per heavy atom. The molecule has 0 spiro atoms. The first-order valence-corrected chi connectivity index (χ1v) is 6.67. The molecular weight excluding hydrogens is 256 g/mol. The van der Waals surface area contributed by atoms with Gasteiger partial charge in [-0.15, -0.1) is 0 Å². The molecule has 0 unspecified atom stereocenters. The summed E-state index contributed by atoms with van der Waals surface area (Å²) >= 11 is 0. The van der Waals surface area contributed by atoms with Gasteiger partial charge in [0.05, 0.1) is 19.9 Å². The van der Waals surface area contributed by atoms with Crippen LogP contribution in [-0.2, 0) is 6.54 Å². The molecule has 5 heteroatoms. The van der Waals surface area contributed by atoms with Crippen molar-refractivity contribution in [2.45, 2.75) is 19.9 Å². The Labute approximate surface area is 118 Å². The molecule has 2 rings (SSSR count).